The van der Waals surface area contributed by atoms with Crippen molar-refractivity contribution < 1.29 is 9.53 Å². The summed E-state index contributed by atoms with van der Waals surface area (Å²) in [6, 6.07) is 19.2. The lowest BCUT2D eigenvalue weighted by Crippen LogP contribution is -2.07. The van der Waals surface area contributed by atoms with E-state index in [-0.39, 0.29) is 5.78 Å². The Balaban J connectivity index is 1.96. The van der Waals surface area contributed by atoms with Crippen LogP contribution in [0.2, 0.25) is 0 Å². The number of nitrogens with zero attached hydrogens (tertiary/aromatic N) is 2. The second-order valence-corrected chi connectivity index (χ2v) is 6.67. The van der Waals surface area contributed by atoms with Crippen molar-refractivity contribution in [1.82, 2.24) is 9.38 Å². The van der Waals surface area contributed by atoms with Crippen LogP contribution in [0.25, 0.3) is 16.9 Å². The Morgan fingerprint density at radius 3 is 2.48 bits per heavy atom. The van der Waals surface area contributed by atoms with Gasteiger partial charge in [0.2, 0.25) is 5.78 Å². The highest BCUT2D eigenvalue weighted by molar-refractivity contribution is 6.12. The van der Waals surface area contributed by atoms with Crippen molar-refractivity contribution in [2.75, 3.05) is 7.11 Å². The average molecular weight is 356 g/mol. The third-order valence-corrected chi connectivity index (χ3v) is 4.65. The van der Waals surface area contributed by atoms with E-state index in [9.17, 15) is 4.79 Å². The molecule has 0 amide bonds. The first kappa shape index (κ1) is 17.0. The summed E-state index contributed by atoms with van der Waals surface area (Å²) >= 11 is 0. The van der Waals surface area contributed by atoms with Crippen LogP contribution < -0.4 is 4.74 Å². The Bertz CT molecular complexity index is 1140. The third-order valence-electron chi connectivity index (χ3n) is 4.65. The monoisotopic (exact) mass is 356 g/mol. The van der Waals surface area contributed by atoms with Gasteiger partial charge < -0.3 is 4.74 Å². The number of aryl methyl sites for hydroxylation is 2. The average Bonchev–Trinajstić information content (AvgIpc) is 3.06. The summed E-state index contributed by atoms with van der Waals surface area (Å²) < 4.78 is 7.21. The van der Waals surface area contributed by atoms with E-state index in [1.807, 2.05) is 85.1 Å². The summed E-state index contributed by atoms with van der Waals surface area (Å²) in [4.78, 5) is 18.1. The Morgan fingerprint density at radius 1 is 0.963 bits per heavy atom. The standard InChI is InChI=1S/C23H20N2O2/c1-15-7-9-17(10-8-15)23(26)22-21(18-5-4-6-19(14-18)27-3)24-20-13-16(2)11-12-25(20)22/h4-14H,1-3H3. The zero-order valence-electron chi connectivity index (χ0n) is 15.6. The molecule has 2 aromatic carbocycles. The van der Waals surface area contributed by atoms with Gasteiger partial charge in [-0.3, -0.25) is 9.20 Å². The van der Waals surface area contributed by atoms with Crippen LogP contribution >= 0.6 is 0 Å². The van der Waals surface area contributed by atoms with Crippen LogP contribution in [-0.4, -0.2) is 22.3 Å². The normalized spacial score (nSPS) is 10.9. The maximum absolute atomic E-state index is 13.4. The number of ketones is 1. The van der Waals surface area contributed by atoms with Crippen molar-refractivity contribution in [1.29, 1.82) is 0 Å². The largest absolute Gasteiger partial charge is 0.497 e. The van der Waals surface area contributed by atoms with Gasteiger partial charge in [0.1, 0.15) is 22.8 Å². The Kier molecular flexibility index (Phi) is 4.24. The topological polar surface area (TPSA) is 43.6 Å². The first-order chi connectivity index (χ1) is 13.1. The lowest BCUT2D eigenvalue weighted by Gasteiger charge is -2.07. The van der Waals surface area contributed by atoms with E-state index in [0.29, 0.717) is 17.0 Å². The predicted octanol–water partition coefficient (Wildman–Crippen LogP) is 4.86. The number of methoxy groups -OCH3 is 1. The Labute approximate surface area is 158 Å². The molecule has 4 aromatic rings. The summed E-state index contributed by atoms with van der Waals surface area (Å²) in [6.45, 7) is 4.02. The number of aromatic nitrogens is 2. The molecule has 4 rings (SSSR count). The van der Waals surface area contributed by atoms with Crippen LogP contribution in [0.1, 0.15) is 27.2 Å². The van der Waals surface area contributed by atoms with Crippen molar-refractivity contribution >= 4 is 11.4 Å². The number of rotatable bonds is 4. The second-order valence-electron chi connectivity index (χ2n) is 6.67. The lowest BCUT2D eigenvalue weighted by molar-refractivity contribution is 0.103. The molecule has 0 bridgehead atoms. The minimum absolute atomic E-state index is 0.0517. The molecule has 0 unspecified atom stereocenters. The first-order valence-electron chi connectivity index (χ1n) is 8.81. The quantitative estimate of drug-likeness (QED) is 0.491. The lowest BCUT2D eigenvalue weighted by atomic mass is 10.0. The van der Waals surface area contributed by atoms with E-state index in [1.165, 1.54) is 0 Å². The highest BCUT2D eigenvalue weighted by Crippen LogP contribution is 2.29. The van der Waals surface area contributed by atoms with Gasteiger partial charge in [-0.2, -0.15) is 0 Å². The minimum Gasteiger partial charge on any atom is -0.497 e. The van der Waals surface area contributed by atoms with Crippen LogP contribution in [0.5, 0.6) is 5.75 Å². The zero-order chi connectivity index (χ0) is 19.0. The molecular weight excluding hydrogens is 336 g/mol. The van der Waals surface area contributed by atoms with Crippen LogP contribution in [0.15, 0.2) is 66.9 Å². The molecule has 0 saturated heterocycles. The molecule has 0 aliphatic carbocycles. The minimum atomic E-state index is -0.0517. The van der Waals surface area contributed by atoms with Crippen LogP contribution in [0.4, 0.5) is 0 Å². The molecule has 0 N–H and O–H groups in total. The summed E-state index contributed by atoms with van der Waals surface area (Å²) in [7, 11) is 1.63. The van der Waals surface area contributed by atoms with Crippen LogP contribution in [0, 0.1) is 13.8 Å². The smallest absolute Gasteiger partial charge is 0.212 e. The molecule has 27 heavy (non-hydrogen) atoms. The molecule has 0 aliphatic rings. The van der Waals surface area contributed by atoms with Gasteiger partial charge in [0, 0.05) is 17.3 Å². The number of imidazole rings is 1. The van der Waals surface area contributed by atoms with Crippen molar-refractivity contribution in [3.05, 3.63) is 89.2 Å². The third kappa shape index (κ3) is 3.10. The number of pyridine rings is 1. The van der Waals surface area contributed by atoms with Gasteiger partial charge in [0.15, 0.2) is 0 Å². The highest BCUT2D eigenvalue weighted by atomic mass is 16.5. The molecule has 0 fully saturated rings. The summed E-state index contributed by atoms with van der Waals surface area (Å²) in [5.41, 5.74) is 5.68. The molecular formula is C23H20N2O2. The maximum atomic E-state index is 13.4. The van der Waals surface area contributed by atoms with Gasteiger partial charge in [-0.25, -0.2) is 4.98 Å². The van der Waals surface area contributed by atoms with Crippen LogP contribution in [-0.2, 0) is 0 Å². The molecule has 0 spiro atoms. The fourth-order valence-electron chi connectivity index (χ4n) is 3.18. The van der Waals surface area contributed by atoms with Crippen molar-refractivity contribution in [3.63, 3.8) is 0 Å². The summed E-state index contributed by atoms with van der Waals surface area (Å²) in [5.74, 6) is 0.679. The van der Waals surface area contributed by atoms with Gasteiger partial charge in [-0.1, -0.05) is 42.0 Å². The number of hydrogen-bond acceptors (Lipinski definition) is 3. The number of fused-ring (bicyclic) bond motifs is 1. The molecule has 0 aliphatic heterocycles. The molecule has 0 atom stereocenters. The van der Waals surface area contributed by atoms with Gasteiger partial charge in [-0.05, 0) is 43.7 Å². The molecule has 4 heteroatoms. The molecule has 2 aromatic heterocycles. The van der Waals surface area contributed by atoms with Crippen molar-refractivity contribution in [2.45, 2.75) is 13.8 Å². The van der Waals surface area contributed by atoms with E-state index in [0.717, 1.165) is 28.1 Å². The first-order valence-corrected chi connectivity index (χ1v) is 8.81. The fourth-order valence-corrected chi connectivity index (χ4v) is 3.18. The number of carbonyl (C=O) groups is 1. The molecule has 0 radical (unpaired) electrons. The zero-order valence-corrected chi connectivity index (χ0v) is 15.6. The van der Waals surface area contributed by atoms with E-state index >= 15 is 0 Å². The van der Waals surface area contributed by atoms with Crippen LogP contribution in [0.3, 0.4) is 0 Å². The molecule has 0 saturated carbocycles. The van der Waals surface area contributed by atoms with Crippen molar-refractivity contribution in [2.24, 2.45) is 0 Å². The van der Waals surface area contributed by atoms with Gasteiger partial charge in [0.25, 0.3) is 0 Å². The summed E-state index contributed by atoms with van der Waals surface area (Å²) in [6.07, 6.45) is 1.91. The fraction of sp³-hybridized carbons (Fsp3) is 0.130. The van der Waals surface area contributed by atoms with E-state index in [2.05, 4.69) is 0 Å². The van der Waals surface area contributed by atoms with E-state index in [4.69, 9.17) is 9.72 Å². The maximum Gasteiger partial charge on any atom is 0.212 e. The number of carbonyl (C=O) groups excluding carboxylic acids is 1. The van der Waals surface area contributed by atoms with E-state index < -0.39 is 0 Å². The highest BCUT2D eigenvalue weighted by Gasteiger charge is 2.22. The predicted molar refractivity (Wildman–Crippen MR) is 107 cm³/mol. The number of ether oxygens (including phenoxy) is 1. The second kappa shape index (κ2) is 6.72. The number of benzene rings is 2. The van der Waals surface area contributed by atoms with Gasteiger partial charge in [0.05, 0.1) is 7.11 Å². The number of hydrogen-bond donors (Lipinski definition) is 0. The Hall–Kier alpha value is -3.40. The van der Waals surface area contributed by atoms with Gasteiger partial charge in [-0.15, -0.1) is 0 Å². The SMILES string of the molecule is COc1cccc(-c2nc3cc(C)ccn3c2C(=O)c2ccc(C)cc2)c1. The molecule has 2 heterocycles. The van der Waals surface area contributed by atoms with Crippen molar-refractivity contribution in [3.8, 4) is 17.0 Å². The molecule has 4 nitrogen and oxygen atoms in total. The molecule has 134 valence electrons. The van der Waals surface area contributed by atoms with E-state index in [1.54, 1.807) is 7.11 Å². The summed E-state index contributed by atoms with van der Waals surface area (Å²) in [5, 5.41) is 0. The Morgan fingerprint density at radius 2 is 1.74 bits per heavy atom. The van der Waals surface area contributed by atoms with Gasteiger partial charge >= 0.3 is 0 Å².